The van der Waals surface area contributed by atoms with Crippen LogP contribution in [0.1, 0.15) is 167 Å². The Balaban J connectivity index is 1.58. The lowest BCUT2D eigenvalue weighted by atomic mass is 10.0. The van der Waals surface area contributed by atoms with Crippen molar-refractivity contribution in [1.82, 2.24) is 15.6 Å². The topological polar surface area (TPSA) is 205 Å². The summed E-state index contributed by atoms with van der Waals surface area (Å²) in [7, 11) is 1.08. The molecule has 1 aromatic heterocycles. The lowest BCUT2D eigenvalue weighted by molar-refractivity contribution is -0.870. The van der Waals surface area contributed by atoms with Crippen LogP contribution in [0.25, 0.3) is 11.0 Å². The molecule has 0 amide bonds. The first kappa shape index (κ1) is 53.1. The molecule has 2 atom stereocenters. The number of quaternary nitrogens is 1. The minimum Gasteiger partial charge on any atom is -0.756 e. The summed E-state index contributed by atoms with van der Waals surface area (Å²) < 4.78 is 38.6. The Labute approximate surface area is 358 Å². The summed E-state index contributed by atoms with van der Waals surface area (Å²) in [5, 5.41) is 22.0. The summed E-state index contributed by atoms with van der Waals surface area (Å²) in [6, 6.07) is 3.10. The van der Waals surface area contributed by atoms with Crippen LogP contribution in [0, 0.1) is 10.1 Å². The van der Waals surface area contributed by atoms with Crippen LogP contribution < -0.4 is 10.2 Å². The Kier molecular flexibility index (Phi) is 28.1. The molecule has 17 heteroatoms. The highest BCUT2D eigenvalue weighted by molar-refractivity contribution is 7.45. The number of carbonyl (C=O) groups excluding carboxylic acids is 2. The van der Waals surface area contributed by atoms with Crippen molar-refractivity contribution in [3.05, 3.63) is 27.8 Å². The average molecular weight is 870 g/mol. The predicted octanol–water partition coefficient (Wildman–Crippen LogP) is 9.27. The number of fused-ring (bicyclic) bond motifs is 1. The van der Waals surface area contributed by atoms with Gasteiger partial charge in [-0.25, -0.2) is 4.63 Å². The first-order valence-electron chi connectivity index (χ1n) is 22.7. The number of nitro benzene ring substituents is 1. The van der Waals surface area contributed by atoms with Gasteiger partial charge in [-0.2, -0.15) is 0 Å². The lowest BCUT2D eigenvalue weighted by Gasteiger charge is -2.28. The molecule has 0 fully saturated rings. The second-order valence-corrected chi connectivity index (χ2v) is 18.4. The van der Waals surface area contributed by atoms with E-state index in [1.54, 1.807) is 6.07 Å². The maximum Gasteiger partial charge on any atom is 0.306 e. The van der Waals surface area contributed by atoms with E-state index in [9.17, 15) is 29.2 Å². The summed E-state index contributed by atoms with van der Waals surface area (Å²) in [4.78, 5) is 48.3. The van der Waals surface area contributed by atoms with Crippen molar-refractivity contribution in [2.24, 2.45) is 0 Å². The molecular weight excluding hydrogens is 793 g/mol. The molecule has 60 heavy (non-hydrogen) atoms. The van der Waals surface area contributed by atoms with Gasteiger partial charge in [-0.1, -0.05) is 129 Å². The molecule has 0 aliphatic heterocycles. The molecular formula is C43H76N5O11P. The zero-order chi connectivity index (χ0) is 43.9. The van der Waals surface area contributed by atoms with Crippen LogP contribution in [0.3, 0.4) is 0 Å². The van der Waals surface area contributed by atoms with Crippen LogP contribution in [-0.4, -0.2) is 91.8 Å². The Morgan fingerprint density at radius 3 is 1.82 bits per heavy atom. The monoisotopic (exact) mass is 870 g/mol. The number of nitrogens with zero attached hydrogens (tertiary/aromatic N) is 4. The Hall–Kier alpha value is -3.01. The van der Waals surface area contributed by atoms with Crippen molar-refractivity contribution in [1.29, 1.82) is 0 Å². The van der Waals surface area contributed by atoms with Crippen molar-refractivity contribution >= 4 is 36.5 Å². The molecule has 1 unspecified atom stereocenters. The minimum absolute atomic E-state index is 0.0545. The number of ether oxygens (including phenoxy) is 2. The quantitative estimate of drug-likeness (QED) is 0.0166. The van der Waals surface area contributed by atoms with Gasteiger partial charge < -0.3 is 33.2 Å². The van der Waals surface area contributed by atoms with Gasteiger partial charge in [-0.3, -0.25) is 24.3 Å². The fourth-order valence-electron chi connectivity index (χ4n) is 6.72. The van der Waals surface area contributed by atoms with E-state index in [4.69, 9.17) is 23.2 Å². The van der Waals surface area contributed by atoms with Gasteiger partial charge in [0.25, 0.3) is 7.82 Å². The maximum atomic E-state index is 12.7. The van der Waals surface area contributed by atoms with E-state index in [-0.39, 0.29) is 37.3 Å². The summed E-state index contributed by atoms with van der Waals surface area (Å²) in [6.07, 6.45) is 24.0. The molecule has 2 aromatic rings. The number of aromatic nitrogens is 2. The van der Waals surface area contributed by atoms with Gasteiger partial charge in [-0.15, -0.1) is 0 Å². The molecule has 0 saturated carbocycles. The highest BCUT2D eigenvalue weighted by Gasteiger charge is 2.22. The number of likely N-dealkylation sites (N-methyl/N-ethyl adjacent to an activating group) is 1. The largest absolute Gasteiger partial charge is 0.756 e. The van der Waals surface area contributed by atoms with Gasteiger partial charge in [0.05, 0.1) is 32.7 Å². The Bertz CT molecular complexity index is 1520. The number of benzene rings is 1. The third-order valence-electron chi connectivity index (χ3n) is 10.4. The van der Waals surface area contributed by atoms with E-state index in [0.717, 1.165) is 82.7 Å². The average Bonchev–Trinajstić information content (AvgIpc) is 3.69. The lowest BCUT2D eigenvalue weighted by Crippen LogP contribution is -2.37. The number of rotatable bonds is 39. The van der Waals surface area contributed by atoms with Gasteiger partial charge in [-0.05, 0) is 47.8 Å². The summed E-state index contributed by atoms with van der Waals surface area (Å²) in [5.74, 6) is -0.904. The number of nitro groups is 1. The van der Waals surface area contributed by atoms with Crippen molar-refractivity contribution in [3.8, 4) is 0 Å². The van der Waals surface area contributed by atoms with E-state index in [1.807, 2.05) is 21.1 Å². The minimum atomic E-state index is -4.66. The maximum absolute atomic E-state index is 12.7. The van der Waals surface area contributed by atoms with Crippen LogP contribution in [-0.2, 0) is 39.2 Å². The molecule has 0 aliphatic rings. The fraction of sp³-hybridized carbons (Fsp3) is 0.814. The normalized spacial score (nSPS) is 13.3. The molecule has 1 heterocycles. The predicted molar refractivity (Wildman–Crippen MR) is 230 cm³/mol. The number of carbonyl (C=O) groups is 2. The van der Waals surface area contributed by atoms with Gasteiger partial charge >= 0.3 is 17.6 Å². The summed E-state index contributed by atoms with van der Waals surface area (Å²) in [5.41, 5.74) is 1.24. The molecule has 1 N–H and O–H groups in total. The van der Waals surface area contributed by atoms with E-state index < -0.39 is 37.4 Å². The first-order valence-corrected chi connectivity index (χ1v) is 24.1. The zero-order valence-corrected chi connectivity index (χ0v) is 38.1. The second-order valence-electron chi connectivity index (χ2n) is 16.9. The molecule has 1 aromatic carbocycles. The third-order valence-corrected chi connectivity index (χ3v) is 11.3. The number of phosphoric ester groups is 1. The van der Waals surface area contributed by atoms with Crippen molar-refractivity contribution in [3.63, 3.8) is 0 Å². The van der Waals surface area contributed by atoms with E-state index in [2.05, 4.69) is 22.6 Å². The SMILES string of the molecule is CCCCCCCCCCCCCCCC(=O)OC[C@H](COP(=O)([O-])OCC[N+](C)(C)C)OC(=O)CCCCCCCCCCCNCc1ccc([N+](=O)[O-])c2nonc12. The summed E-state index contributed by atoms with van der Waals surface area (Å²) >= 11 is 0. The first-order chi connectivity index (χ1) is 28.8. The van der Waals surface area contributed by atoms with Crippen LogP contribution in [0.5, 0.6) is 0 Å². The molecule has 2 rings (SSSR count). The number of hydrogen-bond acceptors (Lipinski definition) is 14. The van der Waals surface area contributed by atoms with E-state index in [0.29, 0.717) is 35.9 Å². The van der Waals surface area contributed by atoms with Crippen molar-refractivity contribution in [2.75, 3.05) is 54.1 Å². The smallest absolute Gasteiger partial charge is 0.306 e. The number of phosphoric acid groups is 1. The standard InChI is InChI=1S/C43H76N5O11P/c1-5-6-7-8-9-10-11-12-13-15-18-21-24-27-40(49)55-35-38(36-57-60(53,54)56-33-32-48(2,3)4)58-41(50)28-25-22-19-16-14-17-20-23-26-31-44-34-37-29-30-39(47(51)52)43-42(37)45-59-46-43/h29-30,38,44H,5-28,31-36H2,1-4H3/t38-/m1/s1. The van der Waals surface area contributed by atoms with Crippen LogP contribution in [0.2, 0.25) is 0 Å². The number of nitrogens with one attached hydrogen (secondary N) is 1. The van der Waals surface area contributed by atoms with E-state index in [1.165, 1.54) is 63.9 Å². The highest BCUT2D eigenvalue weighted by Crippen LogP contribution is 2.38. The Morgan fingerprint density at radius 2 is 1.27 bits per heavy atom. The van der Waals surface area contributed by atoms with Crippen molar-refractivity contribution < 1.29 is 51.6 Å². The van der Waals surface area contributed by atoms with Gasteiger partial charge in [0.1, 0.15) is 25.3 Å². The molecule has 344 valence electrons. The molecule has 0 saturated heterocycles. The van der Waals surface area contributed by atoms with Crippen LogP contribution in [0.15, 0.2) is 16.8 Å². The third kappa shape index (κ3) is 26.4. The number of hydrogen-bond donors (Lipinski definition) is 1. The molecule has 16 nitrogen and oxygen atoms in total. The molecule has 0 spiro atoms. The van der Waals surface area contributed by atoms with Crippen molar-refractivity contribution in [2.45, 2.75) is 174 Å². The van der Waals surface area contributed by atoms with Gasteiger partial charge in [0.15, 0.2) is 6.10 Å². The molecule has 0 radical (unpaired) electrons. The highest BCUT2D eigenvalue weighted by atomic mass is 31.2. The van der Waals surface area contributed by atoms with Crippen LogP contribution in [0.4, 0.5) is 5.69 Å². The summed E-state index contributed by atoms with van der Waals surface area (Å²) in [6.45, 7) is 3.18. The zero-order valence-electron chi connectivity index (χ0n) is 37.2. The number of unbranched alkanes of at least 4 members (excludes halogenated alkanes) is 20. The van der Waals surface area contributed by atoms with Crippen LogP contribution >= 0.6 is 7.82 Å². The number of esters is 2. The van der Waals surface area contributed by atoms with Gasteiger partial charge in [0.2, 0.25) is 5.52 Å². The Morgan fingerprint density at radius 1 is 0.750 bits per heavy atom. The second kappa shape index (κ2) is 31.8. The van der Waals surface area contributed by atoms with E-state index >= 15 is 0 Å². The molecule has 0 bridgehead atoms. The van der Waals surface area contributed by atoms with Gasteiger partial charge in [0, 0.05) is 25.5 Å². The fourth-order valence-corrected chi connectivity index (χ4v) is 7.45. The number of non-ortho nitro benzene ring substituents is 1. The molecule has 0 aliphatic carbocycles.